The summed E-state index contributed by atoms with van der Waals surface area (Å²) in [5.74, 6) is -1.72. The Bertz CT molecular complexity index is 3260. The summed E-state index contributed by atoms with van der Waals surface area (Å²) < 4.78 is 49.8. The number of piperidine rings is 1. The third-order valence-corrected chi connectivity index (χ3v) is 14.9. The summed E-state index contributed by atoms with van der Waals surface area (Å²) in [5.41, 5.74) is 0.761. The van der Waals surface area contributed by atoms with Crippen molar-refractivity contribution in [2.24, 2.45) is 0 Å². The number of terminal acetylenes is 1. The molecule has 380 valence electrons. The third kappa shape index (κ3) is 8.81. The number of benzene rings is 3. The lowest BCUT2D eigenvalue weighted by atomic mass is 9.94. The number of amides is 6. The molecule has 0 saturated carbocycles. The number of carbonyl (C=O) groups is 6. The highest BCUT2D eigenvalue weighted by atomic mass is 19.1. The molecule has 0 radical (unpaired) electrons. The number of hydrogen-bond acceptors (Lipinski definition) is 15. The molecule has 19 nitrogen and oxygen atoms in total. The largest absolute Gasteiger partial charge is 0.461 e. The highest BCUT2D eigenvalue weighted by molar-refractivity contribution is 6.26. The molecule has 5 aromatic rings. The van der Waals surface area contributed by atoms with E-state index in [1.807, 2.05) is 0 Å². The molecule has 5 fully saturated rings. The van der Waals surface area contributed by atoms with Gasteiger partial charge >= 0.3 is 12.1 Å². The summed E-state index contributed by atoms with van der Waals surface area (Å²) >= 11 is 0. The van der Waals surface area contributed by atoms with Crippen LogP contribution in [0.1, 0.15) is 71.2 Å². The summed E-state index contributed by atoms with van der Waals surface area (Å²) in [5, 5.41) is 12.4. The van der Waals surface area contributed by atoms with E-state index in [2.05, 4.69) is 53.5 Å². The summed E-state index contributed by atoms with van der Waals surface area (Å²) in [6.45, 7) is 5.86. The molecule has 0 aliphatic carbocycles. The van der Waals surface area contributed by atoms with Crippen molar-refractivity contribution in [2.45, 2.75) is 74.7 Å². The average Bonchev–Trinajstić information content (AvgIpc) is 4.10. The van der Waals surface area contributed by atoms with Gasteiger partial charge in [0, 0.05) is 67.9 Å². The molecule has 5 saturated heterocycles. The lowest BCUT2D eigenvalue weighted by Crippen LogP contribution is -2.54. The van der Waals surface area contributed by atoms with Gasteiger partial charge in [-0.05, 0) is 62.1 Å². The minimum absolute atomic E-state index is 0.00667. The molecule has 8 heterocycles. The predicted molar refractivity (Wildman–Crippen MR) is 264 cm³/mol. The Morgan fingerprint density at radius 1 is 0.973 bits per heavy atom. The Morgan fingerprint density at radius 2 is 1.77 bits per heavy atom. The number of pyridine rings is 1. The van der Waals surface area contributed by atoms with E-state index in [9.17, 15) is 28.8 Å². The van der Waals surface area contributed by atoms with Crippen LogP contribution in [0.5, 0.6) is 6.01 Å². The van der Waals surface area contributed by atoms with Crippen LogP contribution in [0.15, 0.2) is 66.9 Å². The van der Waals surface area contributed by atoms with Gasteiger partial charge < -0.3 is 35.1 Å². The Labute approximate surface area is 422 Å². The van der Waals surface area contributed by atoms with Crippen molar-refractivity contribution in [3.63, 3.8) is 0 Å². The fourth-order valence-corrected chi connectivity index (χ4v) is 11.5. The molecule has 5 atom stereocenters. The smallest absolute Gasteiger partial charge is 0.407 e. The molecule has 0 spiro atoms. The van der Waals surface area contributed by atoms with Crippen LogP contribution in [-0.4, -0.2) is 143 Å². The van der Waals surface area contributed by atoms with E-state index in [4.69, 9.17) is 25.6 Å². The number of hydrogen-bond donors (Lipinski definition) is 4. The topological polar surface area (TPSA) is 227 Å². The van der Waals surface area contributed by atoms with Crippen LogP contribution in [0.2, 0.25) is 0 Å². The Balaban J connectivity index is 0.714. The molecule has 6 aliphatic rings. The fourth-order valence-electron chi connectivity index (χ4n) is 11.5. The van der Waals surface area contributed by atoms with Gasteiger partial charge in [0.25, 0.3) is 11.8 Å². The van der Waals surface area contributed by atoms with Crippen LogP contribution < -0.4 is 30.9 Å². The summed E-state index contributed by atoms with van der Waals surface area (Å²) in [6.07, 6.45) is 10.6. The second-order valence-electron chi connectivity index (χ2n) is 19.6. The van der Waals surface area contributed by atoms with Crippen LogP contribution in [0.25, 0.3) is 32.9 Å². The number of nitrogens with zero attached hydrogens (tertiary/aromatic N) is 6. The normalized spacial score (nSPS) is 23.3. The number of imide groups is 2. The van der Waals surface area contributed by atoms with Crippen molar-refractivity contribution in [1.82, 2.24) is 40.7 Å². The fraction of sp³-hybridized carbons (Fsp3) is 0.377. The first kappa shape index (κ1) is 48.3. The van der Waals surface area contributed by atoms with Crippen LogP contribution in [0.3, 0.4) is 0 Å². The van der Waals surface area contributed by atoms with Crippen LogP contribution in [-0.2, 0) is 23.9 Å². The van der Waals surface area contributed by atoms with Gasteiger partial charge in [0.15, 0.2) is 5.82 Å². The van der Waals surface area contributed by atoms with Gasteiger partial charge in [-0.2, -0.15) is 9.97 Å². The highest BCUT2D eigenvalue weighted by Crippen LogP contribution is 2.45. The molecule has 4 N–H and O–H groups in total. The molecule has 21 heteroatoms. The van der Waals surface area contributed by atoms with E-state index in [0.29, 0.717) is 66.4 Å². The second kappa shape index (κ2) is 19.5. The minimum Gasteiger partial charge on any atom is -0.461 e. The molecule has 3 unspecified atom stereocenters. The first-order valence-electron chi connectivity index (χ1n) is 24.5. The van der Waals surface area contributed by atoms with Crippen LogP contribution in [0.4, 0.5) is 25.1 Å². The highest BCUT2D eigenvalue weighted by Gasteiger charge is 2.52. The van der Waals surface area contributed by atoms with E-state index in [0.717, 1.165) is 23.3 Å². The number of carbonyl (C=O) groups excluding carboxylic acids is 6. The number of alkyl carbamates (subject to hydrolysis) is 1. The van der Waals surface area contributed by atoms with Crippen molar-refractivity contribution < 1.29 is 51.8 Å². The number of aromatic nitrogens is 3. The summed E-state index contributed by atoms with van der Waals surface area (Å²) in [6, 6.07) is 11.6. The van der Waals surface area contributed by atoms with Crippen molar-refractivity contribution in [1.29, 1.82) is 0 Å². The molecule has 2 bridgehead atoms. The van der Waals surface area contributed by atoms with E-state index in [1.54, 1.807) is 30.5 Å². The van der Waals surface area contributed by atoms with Crippen LogP contribution in [0, 0.1) is 24.0 Å². The number of anilines is 2. The molecule has 11 rings (SSSR count). The molecule has 74 heavy (non-hydrogen) atoms. The quantitative estimate of drug-likeness (QED) is 0.0525. The molecule has 2 aromatic heterocycles. The Morgan fingerprint density at radius 3 is 2.57 bits per heavy atom. The number of rotatable bonds is 14. The zero-order chi connectivity index (χ0) is 51.4. The van der Waals surface area contributed by atoms with E-state index < -0.39 is 65.5 Å². The van der Waals surface area contributed by atoms with Gasteiger partial charge in [-0.25, -0.2) is 13.6 Å². The molecule has 3 aromatic carbocycles. The van der Waals surface area contributed by atoms with Crippen LogP contribution >= 0.6 is 0 Å². The number of piperazine rings is 1. The van der Waals surface area contributed by atoms with Gasteiger partial charge in [0.05, 0.1) is 39.9 Å². The first-order valence-corrected chi connectivity index (χ1v) is 24.5. The second-order valence-corrected chi connectivity index (χ2v) is 19.6. The van der Waals surface area contributed by atoms with Crippen molar-refractivity contribution >= 4 is 68.8 Å². The first-order chi connectivity index (χ1) is 35.8. The number of ether oxygens (including phenoxy) is 3. The maximum absolute atomic E-state index is 17.2. The Kier molecular flexibility index (Phi) is 12.7. The van der Waals surface area contributed by atoms with Crippen molar-refractivity contribution in [3.05, 3.63) is 95.2 Å². The van der Waals surface area contributed by atoms with Gasteiger partial charge in [0.2, 0.25) is 17.7 Å². The van der Waals surface area contributed by atoms with E-state index in [-0.39, 0.29) is 96.9 Å². The summed E-state index contributed by atoms with van der Waals surface area (Å²) in [4.78, 5) is 95.8. The van der Waals surface area contributed by atoms with E-state index in [1.165, 1.54) is 24.3 Å². The molecule has 6 amide bonds. The molecular formula is C53H50F2N10O9. The zero-order valence-electron chi connectivity index (χ0n) is 40.0. The number of fused-ring (bicyclic) bond motifs is 6. The Hall–Kier alpha value is -7.93. The maximum atomic E-state index is 17.2. The number of nitrogens with one attached hydrogen (secondary N) is 4. The van der Waals surface area contributed by atoms with Gasteiger partial charge in [-0.3, -0.25) is 44.1 Å². The van der Waals surface area contributed by atoms with Gasteiger partial charge in [0.1, 0.15) is 48.7 Å². The van der Waals surface area contributed by atoms with Gasteiger partial charge in [-0.15, -0.1) is 6.42 Å². The minimum atomic E-state index is -1.16. The molecular weight excluding hydrogens is 959 g/mol. The lowest BCUT2D eigenvalue weighted by molar-refractivity contribution is -0.136. The summed E-state index contributed by atoms with van der Waals surface area (Å²) in [7, 11) is 0. The average molecular weight is 1010 g/mol. The van der Waals surface area contributed by atoms with E-state index >= 15 is 8.78 Å². The van der Waals surface area contributed by atoms with Gasteiger partial charge in [-0.1, -0.05) is 48.4 Å². The number of halogens is 2. The lowest BCUT2D eigenvalue weighted by Gasteiger charge is -2.35. The predicted octanol–water partition coefficient (Wildman–Crippen LogP) is 4.37. The molecule has 6 aliphatic heterocycles. The maximum Gasteiger partial charge on any atom is 0.407 e. The monoisotopic (exact) mass is 1010 g/mol. The third-order valence-electron chi connectivity index (χ3n) is 14.9. The van der Waals surface area contributed by atoms with Crippen molar-refractivity contribution in [2.75, 3.05) is 62.8 Å². The SMILES string of the molecule is C#Cc1c(F)ccc2cccc(-c3ncc4c(N5CC6CCC(C5)N6)nc(OC[C@@]56CC[C@@H](COC(=O)NCCOCC(=O)Nc7cccc8c7C(=O)N(C7CCC(=O)NC7=O)C8=O)N5CC(=C)C6)nc4c3F)c12. The van der Waals surface area contributed by atoms with Crippen molar-refractivity contribution in [3.8, 4) is 29.6 Å². The zero-order valence-corrected chi connectivity index (χ0v) is 40.0. The standard InChI is InChI=1S/C53H50F2N10O9/c1-3-33-37(54)13-10-29-6-4-7-34(42(29)33)45-44(55)46-36(21-57-45)47(63-23-30-11-12-31(24-63)58-30)62-51(61-46)74-27-53-17-16-32(64(53)22-28(2)20-53)25-73-52(71)56-18-19-72-26-41(67)59-38-9-5-8-35-43(38)50(70)65(49(35)69)39-14-15-40(66)60-48(39)68/h1,4-10,13,21,30-32,39,58H,2,11-12,14-20,22-27H2,(H,56,71)(H,59,67)(H,60,66,68)/t30?,31?,32-,39?,53-/m0/s1.